The number of nitrogens with zero attached hydrogens (tertiary/aromatic N) is 1. The molecule has 0 aromatic carbocycles. The number of pyridine rings is 1. The molecule has 1 saturated carbocycles. The number of hydrogen-bond donors (Lipinski definition) is 0. The van der Waals surface area contributed by atoms with Gasteiger partial charge in [0.05, 0.1) is 0 Å². The van der Waals surface area contributed by atoms with Crippen molar-refractivity contribution in [2.24, 2.45) is 5.92 Å². The van der Waals surface area contributed by atoms with Crippen LogP contribution in [0.25, 0.3) is 0 Å². The maximum atomic E-state index is 11.9. The van der Waals surface area contributed by atoms with Crippen molar-refractivity contribution < 1.29 is 4.79 Å². The Kier molecular flexibility index (Phi) is 2.96. The van der Waals surface area contributed by atoms with Gasteiger partial charge in [0.1, 0.15) is 0 Å². The van der Waals surface area contributed by atoms with Crippen molar-refractivity contribution in [1.29, 1.82) is 0 Å². The topological polar surface area (TPSA) is 30.0 Å². The van der Waals surface area contributed by atoms with E-state index in [-0.39, 0.29) is 11.7 Å². The Labute approximate surface area is 91.9 Å². The van der Waals surface area contributed by atoms with Gasteiger partial charge in [0.25, 0.3) is 0 Å². The van der Waals surface area contributed by atoms with Crippen molar-refractivity contribution in [2.45, 2.75) is 25.7 Å². The highest BCUT2D eigenvalue weighted by atomic mass is 79.9. The summed E-state index contributed by atoms with van der Waals surface area (Å²) in [6.45, 7) is 0. The quantitative estimate of drug-likeness (QED) is 0.758. The molecule has 0 spiro atoms. The van der Waals surface area contributed by atoms with Crippen LogP contribution in [-0.2, 0) is 0 Å². The lowest BCUT2D eigenvalue weighted by Gasteiger charge is -2.07. The Hall–Kier alpha value is -0.700. The lowest BCUT2D eigenvalue weighted by molar-refractivity contribution is 0.0922. The number of Topliss-reactive ketones (excluding diaryl/α,β-unsaturated/α-hetero) is 1. The second-order valence-corrected chi connectivity index (χ2v) is 4.65. The maximum absolute atomic E-state index is 11.9. The molecular weight excluding hydrogens is 242 g/mol. The summed E-state index contributed by atoms with van der Waals surface area (Å²) in [6.07, 6.45) is 7.84. The van der Waals surface area contributed by atoms with Gasteiger partial charge in [0.2, 0.25) is 0 Å². The molecule has 1 aliphatic rings. The third kappa shape index (κ3) is 2.03. The minimum atomic E-state index is 0.242. The van der Waals surface area contributed by atoms with E-state index < -0.39 is 0 Å². The molecular formula is C11H12BrNO. The van der Waals surface area contributed by atoms with E-state index in [4.69, 9.17) is 0 Å². The fourth-order valence-corrected chi connectivity index (χ4v) is 2.34. The largest absolute Gasteiger partial charge is 0.294 e. The van der Waals surface area contributed by atoms with E-state index in [1.54, 1.807) is 12.4 Å². The minimum absolute atomic E-state index is 0.242. The monoisotopic (exact) mass is 253 g/mol. The first-order valence-corrected chi connectivity index (χ1v) is 5.71. The van der Waals surface area contributed by atoms with Crippen LogP contribution < -0.4 is 0 Å². The molecule has 2 nitrogen and oxygen atoms in total. The zero-order chi connectivity index (χ0) is 9.97. The molecule has 0 amide bonds. The third-order valence-electron chi connectivity index (χ3n) is 2.72. The summed E-state index contributed by atoms with van der Waals surface area (Å²) in [5.74, 6) is 0.502. The summed E-state index contributed by atoms with van der Waals surface area (Å²) < 4.78 is 0.876. The SMILES string of the molecule is O=C(c1cncc(Br)c1)C1CCCC1. The fraction of sp³-hybridized carbons (Fsp3) is 0.455. The van der Waals surface area contributed by atoms with Crippen LogP contribution in [0.2, 0.25) is 0 Å². The second-order valence-electron chi connectivity index (χ2n) is 3.74. The lowest BCUT2D eigenvalue weighted by Crippen LogP contribution is -2.11. The third-order valence-corrected chi connectivity index (χ3v) is 3.15. The number of aromatic nitrogens is 1. The van der Waals surface area contributed by atoms with Crippen molar-refractivity contribution in [3.8, 4) is 0 Å². The molecule has 0 bridgehead atoms. The summed E-state index contributed by atoms with van der Waals surface area (Å²) in [5.41, 5.74) is 0.742. The minimum Gasteiger partial charge on any atom is -0.294 e. The molecule has 74 valence electrons. The van der Waals surface area contributed by atoms with Gasteiger partial charge < -0.3 is 0 Å². The molecule has 0 radical (unpaired) electrons. The molecule has 0 saturated heterocycles. The molecule has 14 heavy (non-hydrogen) atoms. The van der Waals surface area contributed by atoms with Gasteiger partial charge in [-0.25, -0.2) is 0 Å². The van der Waals surface area contributed by atoms with Gasteiger partial charge in [-0.15, -0.1) is 0 Å². The van der Waals surface area contributed by atoms with E-state index in [0.717, 1.165) is 22.9 Å². The molecule has 0 atom stereocenters. The van der Waals surface area contributed by atoms with Crippen LogP contribution in [0.4, 0.5) is 0 Å². The average Bonchev–Trinajstić information content (AvgIpc) is 2.69. The predicted molar refractivity (Wildman–Crippen MR) is 58.2 cm³/mol. The van der Waals surface area contributed by atoms with Gasteiger partial charge in [-0.3, -0.25) is 9.78 Å². The molecule has 1 aromatic heterocycles. The maximum Gasteiger partial charge on any atom is 0.167 e. The average molecular weight is 254 g/mol. The normalized spacial score (nSPS) is 17.2. The molecule has 2 rings (SSSR count). The number of carbonyl (C=O) groups excluding carboxylic acids is 1. The fourth-order valence-electron chi connectivity index (χ4n) is 1.97. The van der Waals surface area contributed by atoms with Crippen molar-refractivity contribution >= 4 is 21.7 Å². The van der Waals surface area contributed by atoms with Gasteiger partial charge in [0, 0.05) is 28.3 Å². The van der Waals surface area contributed by atoms with E-state index in [2.05, 4.69) is 20.9 Å². The smallest absolute Gasteiger partial charge is 0.167 e. The summed E-state index contributed by atoms with van der Waals surface area (Å²) >= 11 is 3.32. The number of carbonyl (C=O) groups is 1. The molecule has 0 N–H and O–H groups in total. The molecule has 1 fully saturated rings. The van der Waals surface area contributed by atoms with Crippen LogP contribution in [0.3, 0.4) is 0 Å². The standard InChI is InChI=1S/C11H12BrNO/c12-10-5-9(6-13-7-10)11(14)8-3-1-2-4-8/h5-8H,1-4H2. The Morgan fingerprint density at radius 2 is 2.07 bits per heavy atom. The highest BCUT2D eigenvalue weighted by Crippen LogP contribution is 2.28. The first-order chi connectivity index (χ1) is 6.77. The van der Waals surface area contributed by atoms with Crippen LogP contribution in [0.5, 0.6) is 0 Å². The van der Waals surface area contributed by atoms with Crippen LogP contribution in [-0.4, -0.2) is 10.8 Å². The van der Waals surface area contributed by atoms with E-state index in [1.807, 2.05) is 6.07 Å². The van der Waals surface area contributed by atoms with Crippen molar-refractivity contribution in [2.75, 3.05) is 0 Å². The summed E-state index contributed by atoms with van der Waals surface area (Å²) in [6, 6.07) is 1.85. The van der Waals surface area contributed by atoms with E-state index in [9.17, 15) is 4.79 Å². The zero-order valence-electron chi connectivity index (χ0n) is 7.87. The van der Waals surface area contributed by atoms with Gasteiger partial charge >= 0.3 is 0 Å². The Morgan fingerprint density at radius 3 is 2.71 bits per heavy atom. The number of ketones is 1. The van der Waals surface area contributed by atoms with Crippen LogP contribution in [0.1, 0.15) is 36.0 Å². The highest BCUT2D eigenvalue weighted by Gasteiger charge is 2.23. The number of hydrogen-bond acceptors (Lipinski definition) is 2. The molecule has 0 unspecified atom stereocenters. The number of halogens is 1. The Morgan fingerprint density at radius 1 is 1.36 bits per heavy atom. The zero-order valence-corrected chi connectivity index (χ0v) is 9.46. The van der Waals surface area contributed by atoms with Crippen LogP contribution >= 0.6 is 15.9 Å². The van der Waals surface area contributed by atoms with E-state index in [1.165, 1.54) is 12.8 Å². The Bertz CT molecular complexity index is 345. The Balaban J connectivity index is 2.17. The van der Waals surface area contributed by atoms with Gasteiger partial charge in [-0.1, -0.05) is 12.8 Å². The molecule has 0 aliphatic heterocycles. The van der Waals surface area contributed by atoms with Crippen molar-refractivity contribution in [3.63, 3.8) is 0 Å². The van der Waals surface area contributed by atoms with Crippen LogP contribution in [0, 0.1) is 5.92 Å². The first kappa shape index (κ1) is 9.84. The van der Waals surface area contributed by atoms with Gasteiger partial charge in [-0.2, -0.15) is 0 Å². The predicted octanol–water partition coefficient (Wildman–Crippen LogP) is 3.22. The summed E-state index contributed by atoms with van der Waals surface area (Å²) in [7, 11) is 0. The molecule has 3 heteroatoms. The van der Waals surface area contributed by atoms with Crippen molar-refractivity contribution in [3.05, 3.63) is 28.5 Å². The van der Waals surface area contributed by atoms with E-state index in [0.29, 0.717) is 0 Å². The first-order valence-electron chi connectivity index (χ1n) is 4.92. The second kappa shape index (κ2) is 4.22. The number of rotatable bonds is 2. The van der Waals surface area contributed by atoms with E-state index >= 15 is 0 Å². The summed E-state index contributed by atoms with van der Waals surface area (Å²) in [4.78, 5) is 15.9. The van der Waals surface area contributed by atoms with Crippen molar-refractivity contribution in [1.82, 2.24) is 4.98 Å². The molecule has 1 aliphatic carbocycles. The van der Waals surface area contributed by atoms with Gasteiger partial charge in [-0.05, 0) is 34.8 Å². The van der Waals surface area contributed by atoms with Gasteiger partial charge in [0.15, 0.2) is 5.78 Å². The molecule has 1 heterocycles. The van der Waals surface area contributed by atoms with Crippen LogP contribution in [0.15, 0.2) is 22.9 Å². The highest BCUT2D eigenvalue weighted by molar-refractivity contribution is 9.10. The molecule has 1 aromatic rings. The summed E-state index contributed by atoms with van der Waals surface area (Å²) in [5, 5.41) is 0. The lowest BCUT2D eigenvalue weighted by atomic mass is 9.98.